The molecule has 6 nitrogen and oxygen atoms in total. The largest absolute Gasteiger partial charge is 0.318 e. The Morgan fingerprint density at radius 3 is 2.52 bits per heavy atom. The first-order valence-electron chi connectivity index (χ1n) is 6.23. The topological polar surface area (TPSA) is 102 Å². The molecule has 0 fully saturated rings. The van der Waals surface area contributed by atoms with Crippen LogP contribution in [0.5, 0.6) is 0 Å². The third-order valence-electron chi connectivity index (χ3n) is 3.45. The number of nitriles is 1. The number of aromatic amines is 2. The fourth-order valence-electron chi connectivity index (χ4n) is 2.56. The minimum Gasteiger partial charge on any atom is -0.318 e. The molecule has 0 radical (unpaired) electrons. The standard InChI is InChI=1S/C14H10N4O2S/c15-6-8-9(7-4-2-1-3-5-7)10-11(16-12(8)19)17-14(21)18-13(10)20/h1-5,8-9H,(H3,16,17,18,19,20,21)/t8-,9-/m0/s1. The summed E-state index contributed by atoms with van der Waals surface area (Å²) in [7, 11) is 0. The molecule has 3 rings (SSSR count). The van der Waals surface area contributed by atoms with Gasteiger partial charge in [0.15, 0.2) is 4.77 Å². The van der Waals surface area contributed by atoms with Gasteiger partial charge in [0, 0.05) is 5.92 Å². The molecule has 0 saturated carbocycles. The highest BCUT2D eigenvalue weighted by atomic mass is 32.1. The van der Waals surface area contributed by atoms with E-state index >= 15 is 0 Å². The summed E-state index contributed by atoms with van der Waals surface area (Å²) in [5, 5.41) is 11.8. The predicted octanol–water partition coefficient (Wildman–Crippen LogP) is 1.66. The highest BCUT2D eigenvalue weighted by molar-refractivity contribution is 7.71. The Bertz CT molecular complexity index is 863. The van der Waals surface area contributed by atoms with E-state index in [1.165, 1.54) is 0 Å². The first-order chi connectivity index (χ1) is 10.1. The monoisotopic (exact) mass is 298 g/mol. The minimum atomic E-state index is -0.967. The van der Waals surface area contributed by atoms with Gasteiger partial charge in [-0.1, -0.05) is 30.3 Å². The number of carbonyl (C=O) groups is 1. The first kappa shape index (κ1) is 13.3. The van der Waals surface area contributed by atoms with Crippen LogP contribution in [0, 0.1) is 22.0 Å². The van der Waals surface area contributed by atoms with Crippen LogP contribution in [0.15, 0.2) is 35.1 Å². The van der Waals surface area contributed by atoms with Crippen LogP contribution in [0.25, 0.3) is 0 Å². The summed E-state index contributed by atoms with van der Waals surface area (Å²) >= 11 is 4.91. The molecule has 7 heteroatoms. The second kappa shape index (κ2) is 5.00. The summed E-state index contributed by atoms with van der Waals surface area (Å²) in [5.41, 5.74) is 0.653. The molecule has 2 atom stereocenters. The van der Waals surface area contributed by atoms with Crippen molar-refractivity contribution in [3.63, 3.8) is 0 Å². The molecule has 1 aromatic carbocycles. The van der Waals surface area contributed by atoms with Gasteiger partial charge in [0.05, 0.1) is 11.6 Å². The molecule has 1 amide bonds. The number of aromatic nitrogens is 2. The molecule has 3 N–H and O–H groups in total. The Kier molecular flexibility index (Phi) is 3.16. The molecule has 0 unspecified atom stereocenters. The van der Waals surface area contributed by atoms with Crippen LogP contribution in [0.4, 0.5) is 5.82 Å². The molecule has 1 aliphatic heterocycles. The Labute approximate surface area is 124 Å². The third kappa shape index (κ3) is 2.15. The number of anilines is 1. The van der Waals surface area contributed by atoms with E-state index in [9.17, 15) is 14.9 Å². The van der Waals surface area contributed by atoms with Crippen molar-refractivity contribution < 1.29 is 4.79 Å². The van der Waals surface area contributed by atoms with Crippen LogP contribution in [0.3, 0.4) is 0 Å². The molecular weight excluding hydrogens is 288 g/mol. The summed E-state index contributed by atoms with van der Waals surface area (Å²) in [6.07, 6.45) is 0. The lowest BCUT2D eigenvalue weighted by atomic mass is 9.79. The molecular formula is C14H10N4O2S. The van der Waals surface area contributed by atoms with Crippen molar-refractivity contribution in [2.45, 2.75) is 5.92 Å². The number of carbonyl (C=O) groups excluding carboxylic acids is 1. The van der Waals surface area contributed by atoms with Crippen molar-refractivity contribution in [2.75, 3.05) is 5.32 Å². The fourth-order valence-corrected chi connectivity index (χ4v) is 2.76. The first-order valence-corrected chi connectivity index (χ1v) is 6.64. The van der Waals surface area contributed by atoms with Crippen LogP contribution < -0.4 is 10.9 Å². The molecule has 104 valence electrons. The number of hydrogen-bond donors (Lipinski definition) is 3. The quantitative estimate of drug-likeness (QED) is 0.697. The summed E-state index contributed by atoms with van der Waals surface area (Å²) in [5.74, 6) is -1.79. The summed E-state index contributed by atoms with van der Waals surface area (Å²) in [6, 6.07) is 11.0. The Hall–Kier alpha value is -2.72. The second-order valence-electron chi connectivity index (χ2n) is 4.68. The molecule has 2 aromatic rings. The maximum absolute atomic E-state index is 12.2. The van der Waals surface area contributed by atoms with Crippen molar-refractivity contribution in [1.82, 2.24) is 9.97 Å². The molecule has 0 saturated heterocycles. The third-order valence-corrected chi connectivity index (χ3v) is 3.66. The lowest BCUT2D eigenvalue weighted by Crippen LogP contribution is -2.38. The minimum absolute atomic E-state index is 0.126. The number of fused-ring (bicyclic) bond motifs is 1. The van der Waals surface area contributed by atoms with Crippen LogP contribution >= 0.6 is 12.2 Å². The van der Waals surface area contributed by atoms with Gasteiger partial charge in [-0.25, -0.2) is 0 Å². The molecule has 0 spiro atoms. The zero-order valence-corrected chi connectivity index (χ0v) is 11.5. The normalized spacial score (nSPS) is 20.2. The van der Waals surface area contributed by atoms with E-state index in [1.807, 2.05) is 12.1 Å². The van der Waals surface area contributed by atoms with Gasteiger partial charge < -0.3 is 10.3 Å². The van der Waals surface area contributed by atoms with Crippen molar-refractivity contribution in [3.05, 3.63) is 56.6 Å². The molecule has 0 bridgehead atoms. The molecule has 21 heavy (non-hydrogen) atoms. The maximum Gasteiger partial charge on any atom is 0.257 e. The Balaban J connectivity index is 2.31. The van der Waals surface area contributed by atoms with Crippen molar-refractivity contribution in [1.29, 1.82) is 5.26 Å². The second-order valence-corrected chi connectivity index (χ2v) is 5.09. The van der Waals surface area contributed by atoms with Crippen LogP contribution in [0.2, 0.25) is 0 Å². The number of nitrogens with one attached hydrogen (secondary N) is 3. The zero-order chi connectivity index (χ0) is 15.0. The number of H-pyrrole nitrogens is 2. The SMILES string of the molecule is N#C[C@@H]1C(=O)Nc2[nH]c(=S)[nH]c(=O)c2[C@H]1c1ccccc1. The van der Waals surface area contributed by atoms with Gasteiger partial charge in [0.25, 0.3) is 5.56 Å². The number of rotatable bonds is 1. The summed E-state index contributed by atoms with van der Waals surface area (Å²) in [6.45, 7) is 0. The van der Waals surface area contributed by atoms with Gasteiger partial charge in [-0.2, -0.15) is 5.26 Å². The number of benzene rings is 1. The van der Waals surface area contributed by atoms with Crippen molar-refractivity contribution in [2.24, 2.45) is 5.92 Å². The molecule has 0 aliphatic carbocycles. The van der Waals surface area contributed by atoms with E-state index in [2.05, 4.69) is 15.3 Å². The number of hydrogen-bond acceptors (Lipinski definition) is 4. The highest BCUT2D eigenvalue weighted by Gasteiger charge is 2.39. The Morgan fingerprint density at radius 1 is 1.14 bits per heavy atom. The zero-order valence-electron chi connectivity index (χ0n) is 10.7. The Morgan fingerprint density at radius 2 is 1.86 bits per heavy atom. The van der Waals surface area contributed by atoms with E-state index in [0.29, 0.717) is 5.56 Å². The fraction of sp³-hybridized carbons (Fsp3) is 0.143. The van der Waals surface area contributed by atoms with Crippen LogP contribution in [-0.2, 0) is 4.79 Å². The van der Waals surface area contributed by atoms with Gasteiger partial charge in [-0.05, 0) is 17.8 Å². The summed E-state index contributed by atoms with van der Waals surface area (Å²) < 4.78 is 0.126. The molecule has 1 aliphatic rings. The van der Waals surface area contributed by atoms with E-state index in [4.69, 9.17) is 12.2 Å². The van der Waals surface area contributed by atoms with Gasteiger partial charge in [-0.3, -0.25) is 14.6 Å². The maximum atomic E-state index is 12.2. The predicted molar refractivity (Wildman–Crippen MR) is 78.3 cm³/mol. The van der Waals surface area contributed by atoms with Gasteiger partial charge in [-0.15, -0.1) is 0 Å². The smallest absolute Gasteiger partial charge is 0.257 e. The van der Waals surface area contributed by atoms with Gasteiger partial charge >= 0.3 is 0 Å². The van der Waals surface area contributed by atoms with Gasteiger partial charge in [0.2, 0.25) is 5.91 Å². The van der Waals surface area contributed by atoms with E-state index in [0.717, 1.165) is 5.56 Å². The van der Waals surface area contributed by atoms with Crippen molar-refractivity contribution in [3.8, 4) is 6.07 Å². The molecule has 1 aromatic heterocycles. The summed E-state index contributed by atoms with van der Waals surface area (Å²) in [4.78, 5) is 29.6. The van der Waals surface area contributed by atoms with E-state index < -0.39 is 23.3 Å². The molecule has 2 heterocycles. The number of nitrogens with zero attached hydrogens (tertiary/aromatic N) is 1. The van der Waals surface area contributed by atoms with Gasteiger partial charge in [0.1, 0.15) is 11.7 Å². The van der Waals surface area contributed by atoms with Crippen molar-refractivity contribution >= 4 is 23.9 Å². The average Bonchev–Trinajstić information content (AvgIpc) is 2.46. The highest BCUT2D eigenvalue weighted by Crippen LogP contribution is 2.37. The van der Waals surface area contributed by atoms with Crippen LogP contribution in [-0.4, -0.2) is 15.9 Å². The van der Waals surface area contributed by atoms with Crippen LogP contribution in [0.1, 0.15) is 17.0 Å². The van der Waals surface area contributed by atoms with E-state index in [1.54, 1.807) is 24.3 Å². The number of amides is 1. The van der Waals surface area contributed by atoms with E-state index in [-0.39, 0.29) is 10.6 Å². The lowest BCUT2D eigenvalue weighted by molar-refractivity contribution is -0.119. The lowest BCUT2D eigenvalue weighted by Gasteiger charge is -2.28. The average molecular weight is 298 g/mol.